The molecule has 0 fully saturated rings. The highest BCUT2D eigenvalue weighted by molar-refractivity contribution is 6.67. The van der Waals surface area contributed by atoms with E-state index in [1.807, 2.05) is 0 Å². The molecule has 0 N–H and O–H groups in total. The van der Waals surface area contributed by atoms with Gasteiger partial charge in [-0.25, -0.2) is 26.3 Å². The van der Waals surface area contributed by atoms with Crippen molar-refractivity contribution >= 4 is 6.71 Å². The fourth-order valence-electron chi connectivity index (χ4n) is 1.17. The topological polar surface area (TPSA) is 0 Å². The van der Waals surface area contributed by atoms with Crippen molar-refractivity contribution in [3.8, 4) is 0 Å². The normalized spacial score (nSPS) is 16.4. The predicted molar refractivity (Wildman–Crippen MR) is 38.8 cm³/mol. The van der Waals surface area contributed by atoms with E-state index in [4.69, 9.17) is 0 Å². The molecule has 0 aromatic heterocycles. The Morgan fingerprint density at radius 3 is 0.545 bits per heavy atom. The zero-order valence-corrected chi connectivity index (χ0v) is 9.25. The summed E-state index contributed by atoms with van der Waals surface area (Å²) in [7, 11) is 0. The third-order valence-corrected chi connectivity index (χ3v) is 2.22. The molecule has 0 aromatic rings. The molecule has 0 unspecified atom stereocenters. The van der Waals surface area contributed by atoms with Crippen molar-refractivity contribution in [2.75, 3.05) is 0 Å². The Morgan fingerprint density at radius 1 is 0.318 bits per heavy atom. The third-order valence-electron chi connectivity index (χ3n) is 2.22. The van der Waals surface area contributed by atoms with Crippen molar-refractivity contribution in [2.45, 2.75) is 36.0 Å². The van der Waals surface area contributed by atoms with Crippen LogP contribution in [0.2, 0.25) is 0 Å². The van der Waals surface area contributed by atoms with Crippen molar-refractivity contribution < 1.29 is 65.9 Å². The van der Waals surface area contributed by atoms with Gasteiger partial charge in [0.1, 0.15) is 0 Å². The summed E-state index contributed by atoms with van der Waals surface area (Å²) >= 11 is 0. The van der Waals surface area contributed by atoms with E-state index in [1.165, 1.54) is 0 Å². The SMILES string of the molecule is FC(F)(F)C(F)(F)[B-](C(F)(F)C(F)(F)F)C(F)(F)C(F)(F)F. The lowest BCUT2D eigenvalue weighted by molar-refractivity contribution is -0.298. The second-order valence-electron chi connectivity index (χ2n) is 3.80. The molecule has 0 aliphatic heterocycles. The summed E-state index contributed by atoms with van der Waals surface area (Å²) in [5.74, 6) is -23.1. The van der Waals surface area contributed by atoms with Crippen LogP contribution >= 0.6 is 0 Å². The highest BCUT2D eigenvalue weighted by atomic mass is 19.4. The van der Waals surface area contributed by atoms with E-state index in [0.29, 0.717) is 0 Å². The molecule has 0 bridgehead atoms. The maximum atomic E-state index is 12.6. The number of alkyl halides is 15. The Bertz CT molecular complexity index is 334. The molecule has 0 aromatic carbocycles. The van der Waals surface area contributed by atoms with Crippen molar-refractivity contribution in [1.82, 2.24) is 0 Å². The fourth-order valence-corrected chi connectivity index (χ4v) is 1.17. The first-order valence-electron chi connectivity index (χ1n) is 4.45. The average Bonchev–Trinajstić information content (AvgIpc) is 2.09. The molecular formula is C6BF15-. The summed E-state index contributed by atoms with van der Waals surface area (Å²) in [5.41, 5.74) is 0. The van der Waals surface area contributed by atoms with Gasteiger partial charge in [0, 0.05) is 0 Å². The minimum Gasteiger partial charge on any atom is -0.245 e. The van der Waals surface area contributed by atoms with Crippen molar-refractivity contribution in [3.63, 3.8) is 0 Å². The maximum Gasteiger partial charge on any atom is 0.413 e. The van der Waals surface area contributed by atoms with Crippen LogP contribution in [0.1, 0.15) is 0 Å². The lowest BCUT2D eigenvalue weighted by atomic mass is 9.34. The molecule has 0 amide bonds. The van der Waals surface area contributed by atoms with Gasteiger partial charge in [0.25, 0.3) is 0 Å². The van der Waals surface area contributed by atoms with Gasteiger partial charge >= 0.3 is 18.5 Å². The van der Waals surface area contributed by atoms with Crippen LogP contribution in [0.15, 0.2) is 0 Å². The van der Waals surface area contributed by atoms with Gasteiger partial charge in [-0.2, -0.15) is 39.5 Å². The van der Waals surface area contributed by atoms with E-state index in [9.17, 15) is 65.9 Å². The van der Waals surface area contributed by atoms with Gasteiger partial charge in [-0.15, -0.1) is 0 Å². The summed E-state index contributed by atoms with van der Waals surface area (Å²) in [6, 6.07) is 0. The first kappa shape index (κ1) is 21.0. The van der Waals surface area contributed by atoms with Crippen LogP contribution in [-0.4, -0.2) is 42.7 Å². The predicted octanol–water partition coefficient (Wildman–Crippen LogP) is 4.69. The maximum absolute atomic E-state index is 12.6. The molecule has 0 spiro atoms. The van der Waals surface area contributed by atoms with Crippen LogP contribution in [0.3, 0.4) is 0 Å². The molecule has 0 saturated heterocycles. The minimum atomic E-state index is -7.70. The molecule has 0 nitrogen and oxygen atoms in total. The van der Waals surface area contributed by atoms with Gasteiger partial charge in [-0.3, -0.25) is 0 Å². The zero-order chi connectivity index (χ0) is 18.6. The van der Waals surface area contributed by atoms with E-state index >= 15 is 0 Å². The van der Waals surface area contributed by atoms with Crippen LogP contribution in [0, 0.1) is 0 Å². The van der Waals surface area contributed by atoms with Crippen LogP contribution in [0.4, 0.5) is 65.9 Å². The minimum absolute atomic E-state index is 6.77. The van der Waals surface area contributed by atoms with Crippen molar-refractivity contribution in [3.05, 3.63) is 0 Å². The highest BCUT2D eigenvalue weighted by Gasteiger charge is 2.78. The van der Waals surface area contributed by atoms with Crippen molar-refractivity contribution in [1.29, 1.82) is 0 Å². The Kier molecular flexibility index (Phi) is 4.78. The van der Waals surface area contributed by atoms with Crippen LogP contribution < -0.4 is 0 Å². The lowest BCUT2D eigenvalue weighted by Gasteiger charge is -2.47. The van der Waals surface area contributed by atoms with E-state index in [1.54, 1.807) is 0 Å². The third kappa shape index (κ3) is 3.19. The molecule has 0 heterocycles. The quantitative estimate of drug-likeness (QED) is 0.501. The van der Waals surface area contributed by atoms with Gasteiger partial charge in [-0.1, -0.05) is 0 Å². The zero-order valence-electron chi connectivity index (χ0n) is 9.25. The van der Waals surface area contributed by atoms with Gasteiger partial charge < -0.3 is 0 Å². The summed E-state index contributed by atoms with van der Waals surface area (Å²) < 4.78 is 181. The number of rotatable bonds is 3. The van der Waals surface area contributed by atoms with Crippen molar-refractivity contribution in [2.24, 2.45) is 0 Å². The van der Waals surface area contributed by atoms with Crippen LogP contribution in [0.25, 0.3) is 0 Å². The smallest absolute Gasteiger partial charge is 0.245 e. The van der Waals surface area contributed by atoms with Gasteiger partial charge in [-0.05, 0) is 0 Å². The number of hydrogen-bond donors (Lipinski definition) is 0. The van der Waals surface area contributed by atoms with E-state index in [2.05, 4.69) is 0 Å². The summed E-state index contributed by atoms with van der Waals surface area (Å²) in [5, 5.41) is 0. The Balaban J connectivity index is 6.53. The number of hydrogen-bond acceptors (Lipinski definition) is 0. The van der Waals surface area contributed by atoms with E-state index < -0.39 is 42.7 Å². The van der Waals surface area contributed by atoms with Crippen LogP contribution in [0.5, 0.6) is 0 Å². The Morgan fingerprint density at radius 2 is 0.455 bits per heavy atom. The van der Waals surface area contributed by atoms with Gasteiger partial charge in [0.2, 0.25) is 0 Å². The summed E-state index contributed by atoms with van der Waals surface area (Å²) in [6.45, 7) is -6.77. The van der Waals surface area contributed by atoms with Gasteiger partial charge in [0.05, 0.1) is 0 Å². The second-order valence-corrected chi connectivity index (χ2v) is 3.80. The molecule has 0 aliphatic rings. The van der Waals surface area contributed by atoms with E-state index in [-0.39, 0.29) is 0 Å². The summed E-state index contributed by atoms with van der Waals surface area (Å²) in [6.07, 6.45) is -22.6. The molecule has 0 saturated carbocycles. The molecule has 16 heteroatoms. The first-order valence-corrected chi connectivity index (χ1v) is 4.45. The second kappa shape index (κ2) is 5.01. The standard InChI is InChI=1S/C6BF15/c8-1(9,4(14,15)16)7(2(10,11)5(17,18)19)3(12,13)6(20,21)22/q-1. The summed E-state index contributed by atoms with van der Waals surface area (Å²) in [4.78, 5) is 0. The van der Waals surface area contributed by atoms with E-state index in [0.717, 1.165) is 0 Å². The Labute approximate surface area is 110 Å². The molecular weight excluding hydrogens is 368 g/mol. The molecule has 0 atom stereocenters. The lowest BCUT2D eigenvalue weighted by Crippen LogP contribution is -2.74. The molecule has 22 heavy (non-hydrogen) atoms. The molecule has 0 aliphatic carbocycles. The first-order chi connectivity index (χ1) is 9.12. The largest absolute Gasteiger partial charge is 0.413 e. The molecule has 1 radical (unpaired) electrons. The van der Waals surface area contributed by atoms with Crippen LogP contribution in [-0.2, 0) is 0 Å². The molecule has 0 rings (SSSR count). The average molecular weight is 368 g/mol. The number of halogens is 15. The monoisotopic (exact) mass is 368 g/mol. The molecule has 133 valence electrons. The van der Waals surface area contributed by atoms with Gasteiger partial charge in [0.15, 0.2) is 24.2 Å². The highest BCUT2D eigenvalue weighted by Crippen LogP contribution is 2.55. The fraction of sp³-hybridized carbons (Fsp3) is 1.00. The Hall–Kier alpha value is -0.985.